The lowest BCUT2D eigenvalue weighted by Crippen LogP contribution is -2.60. The first-order valence-electron chi connectivity index (χ1n) is 7.80. The number of aliphatic hydroxyl groups excluding tert-OH is 6. The molecule has 9 atom stereocenters. The summed E-state index contributed by atoms with van der Waals surface area (Å²) in [5.74, 6) is 0. The molecule has 0 aromatic carbocycles. The van der Waals surface area contributed by atoms with Crippen molar-refractivity contribution in [3.05, 3.63) is 11.6 Å². The summed E-state index contributed by atoms with van der Waals surface area (Å²) >= 11 is 0. The molecule has 2 rings (SSSR count). The van der Waals surface area contributed by atoms with Crippen LogP contribution in [-0.2, 0) is 14.2 Å². The molecular formula is C15H23NO9. The van der Waals surface area contributed by atoms with Crippen LogP contribution in [0.4, 0.5) is 0 Å². The van der Waals surface area contributed by atoms with E-state index in [-0.39, 0.29) is 12.0 Å². The predicted molar refractivity (Wildman–Crippen MR) is 79.8 cm³/mol. The molecule has 0 bridgehead atoms. The van der Waals surface area contributed by atoms with Crippen LogP contribution in [0.3, 0.4) is 0 Å². The van der Waals surface area contributed by atoms with Crippen LogP contribution in [-0.4, -0.2) is 99.5 Å². The molecule has 142 valence electrons. The van der Waals surface area contributed by atoms with Crippen LogP contribution in [0.1, 0.15) is 6.42 Å². The highest BCUT2D eigenvalue weighted by Crippen LogP contribution is 2.32. The zero-order valence-electron chi connectivity index (χ0n) is 13.5. The van der Waals surface area contributed by atoms with E-state index in [0.29, 0.717) is 0 Å². The molecule has 0 amide bonds. The highest BCUT2D eigenvalue weighted by atomic mass is 16.7. The fourth-order valence-electron chi connectivity index (χ4n) is 3.09. The van der Waals surface area contributed by atoms with Gasteiger partial charge in [0, 0.05) is 25.2 Å². The summed E-state index contributed by atoms with van der Waals surface area (Å²) in [6.07, 6.45) is -10.8. The number of nitriles is 1. The number of nitrogens with zero attached hydrogens (tertiary/aromatic N) is 1. The van der Waals surface area contributed by atoms with Crippen molar-refractivity contribution in [2.24, 2.45) is 0 Å². The van der Waals surface area contributed by atoms with Gasteiger partial charge in [-0.1, -0.05) is 0 Å². The van der Waals surface area contributed by atoms with Gasteiger partial charge < -0.3 is 44.8 Å². The largest absolute Gasteiger partial charge is 0.394 e. The van der Waals surface area contributed by atoms with Crippen molar-refractivity contribution >= 4 is 0 Å². The van der Waals surface area contributed by atoms with Gasteiger partial charge >= 0.3 is 0 Å². The molecule has 0 aromatic rings. The fourth-order valence-corrected chi connectivity index (χ4v) is 3.09. The van der Waals surface area contributed by atoms with E-state index < -0.39 is 61.7 Å². The minimum Gasteiger partial charge on any atom is -0.394 e. The number of rotatable bonds is 4. The summed E-state index contributed by atoms with van der Waals surface area (Å²) in [6, 6.07) is 1.77. The van der Waals surface area contributed by atoms with Gasteiger partial charge in [0.15, 0.2) is 6.29 Å². The zero-order chi connectivity index (χ0) is 18.7. The summed E-state index contributed by atoms with van der Waals surface area (Å²) in [7, 11) is 1.31. The maximum Gasteiger partial charge on any atom is 0.187 e. The Hall–Kier alpha value is -1.13. The first-order chi connectivity index (χ1) is 11.8. The quantitative estimate of drug-likeness (QED) is 0.279. The van der Waals surface area contributed by atoms with Crippen LogP contribution < -0.4 is 0 Å². The fraction of sp³-hybridized carbons (Fsp3) is 0.800. The number of allylic oxidation sites excluding steroid dienone is 1. The van der Waals surface area contributed by atoms with E-state index in [9.17, 15) is 30.6 Å². The van der Waals surface area contributed by atoms with Crippen LogP contribution in [0, 0.1) is 11.3 Å². The Morgan fingerprint density at radius 2 is 1.88 bits per heavy atom. The van der Waals surface area contributed by atoms with E-state index in [4.69, 9.17) is 19.5 Å². The third-order valence-electron chi connectivity index (χ3n) is 4.51. The van der Waals surface area contributed by atoms with Crippen molar-refractivity contribution < 1.29 is 44.8 Å². The summed E-state index contributed by atoms with van der Waals surface area (Å²) in [4.78, 5) is 0. The van der Waals surface area contributed by atoms with Crippen LogP contribution in [0.2, 0.25) is 0 Å². The molecule has 0 aromatic heterocycles. The van der Waals surface area contributed by atoms with E-state index in [1.807, 2.05) is 0 Å². The van der Waals surface area contributed by atoms with Crippen molar-refractivity contribution in [1.29, 1.82) is 5.26 Å². The zero-order valence-corrected chi connectivity index (χ0v) is 13.5. The SMILES string of the molecule is COC1C(O)CC(OC2OC(CO)C(O)C(O)C2O)/C(=C/C#N)C1O. The van der Waals surface area contributed by atoms with Crippen molar-refractivity contribution in [3.63, 3.8) is 0 Å². The molecule has 1 saturated heterocycles. The summed E-state index contributed by atoms with van der Waals surface area (Å²) in [5.41, 5.74) is 0.122. The first kappa shape index (κ1) is 20.2. The number of hydrogen-bond donors (Lipinski definition) is 6. The molecule has 0 spiro atoms. The Bertz CT molecular complexity index is 520. The van der Waals surface area contributed by atoms with Crippen molar-refractivity contribution in [3.8, 4) is 6.07 Å². The van der Waals surface area contributed by atoms with Gasteiger partial charge in [-0.05, 0) is 0 Å². The summed E-state index contributed by atoms with van der Waals surface area (Å²) in [5, 5.41) is 68.0. The van der Waals surface area contributed by atoms with E-state index in [0.717, 1.165) is 6.08 Å². The molecule has 9 unspecified atom stereocenters. The molecule has 6 N–H and O–H groups in total. The molecule has 10 nitrogen and oxygen atoms in total. The van der Waals surface area contributed by atoms with Gasteiger partial charge in [-0.15, -0.1) is 0 Å². The summed E-state index contributed by atoms with van der Waals surface area (Å²) < 4.78 is 15.8. The molecular weight excluding hydrogens is 338 g/mol. The number of hydrogen-bond acceptors (Lipinski definition) is 10. The molecule has 0 radical (unpaired) electrons. The third kappa shape index (κ3) is 4.01. The molecule has 10 heteroatoms. The normalized spacial score (nSPS) is 46.8. The Morgan fingerprint density at radius 3 is 2.44 bits per heavy atom. The highest BCUT2D eigenvalue weighted by Gasteiger charge is 2.47. The molecule has 25 heavy (non-hydrogen) atoms. The molecule has 1 saturated carbocycles. The van der Waals surface area contributed by atoms with Crippen molar-refractivity contribution in [2.45, 2.75) is 61.5 Å². The van der Waals surface area contributed by atoms with Crippen molar-refractivity contribution in [1.82, 2.24) is 0 Å². The molecule has 2 fully saturated rings. The van der Waals surface area contributed by atoms with Crippen LogP contribution in [0.25, 0.3) is 0 Å². The Balaban J connectivity index is 2.19. The van der Waals surface area contributed by atoms with E-state index in [1.54, 1.807) is 6.07 Å². The highest BCUT2D eigenvalue weighted by molar-refractivity contribution is 5.26. The minimum atomic E-state index is -1.63. The Labute approximate surface area is 144 Å². The number of ether oxygens (including phenoxy) is 3. The second kappa shape index (κ2) is 8.50. The van der Waals surface area contributed by atoms with Gasteiger partial charge in [-0.2, -0.15) is 5.26 Å². The number of aliphatic hydroxyl groups is 6. The first-order valence-corrected chi connectivity index (χ1v) is 7.80. The minimum absolute atomic E-state index is 0.0574. The topological polar surface area (TPSA) is 173 Å². The van der Waals surface area contributed by atoms with Gasteiger partial charge in [0.05, 0.1) is 24.9 Å². The lowest BCUT2D eigenvalue weighted by Gasteiger charge is -2.43. The lowest BCUT2D eigenvalue weighted by atomic mass is 9.84. The molecule has 1 aliphatic heterocycles. The Morgan fingerprint density at radius 1 is 1.20 bits per heavy atom. The van der Waals surface area contributed by atoms with Crippen LogP contribution in [0.15, 0.2) is 11.6 Å². The monoisotopic (exact) mass is 361 g/mol. The maximum absolute atomic E-state index is 10.3. The second-order valence-electron chi connectivity index (χ2n) is 6.04. The average molecular weight is 361 g/mol. The Kier molecular flexibility index (Phi) is 6.86. The smallest absolute Gasteiger partial charge is 0.187 e. The summed E-state index contributed by atoms with van der Waals surface area (Å²) in [6.45, 7) is -0.618. The van der Waals surface area contributed by atoms with Gasteiger partial charge in [-0.3, -0.25) is 0 Å². The lowest BCUT2D eigenvalue weighted by molar-refractivity contribution is -0.312. The van der Waals surface area contributed by atoms with Crippen molar-refractivity contribution in [2.75, 3.05) is 13.7 Å². The molecule has 2 aliphatic rings. The van der Waals surface area contributed by atoms with E-state index in [2.05, 4.69) is 0 Å². The van der Waals surface area contributed by atoms with Crippen LogP contribution >= 0.6 is 0 Å². The van der Waals surface area contributed by atoms with Crippen LogP contribution in [0.5, 0.6) is 0 Å². The van der Waals surface area contributed by atoms with Gasteiger partial charge in [0.25, 0.3) is 0 Å². The molecule has 1 aliphatic carbocycles. The predicted octanol–water partition coefficient (Wildman–Crippen LogP) is -3.24. The number of methoxy groups -OCH3 is 1. The third-order valence-corrected chi connectivity index (χ3v) is 4.51. The second-order valence-corrected chi connectivity index (χ2v) is 6.04. The maximum atomic E-state index is 10.3. The standard InChI is InChI=1S/C15H23NO9/c1-23-14-7(18)4-8(6(2-3-16)10(14)19)24-15-13(22)12(21)11(20)9(5-17)25-15/h2,7-15,17-22H,4-5H2,1H3/b6-2-. The van der Waals surface area contributed by atoms with E-state index >= 15 is 0 Å². The van der Waals surface area contributed by atoms with Gasteiger partial charge in [0.1, 0.15) is 36.6 Å². The molecule has 1 heterocycles. The van der Waals surface area contributed by atoms with Gasteiger partial charge in [-0.25, -0.2) is 0 Å². The van der Waals surface area contributed by atoms with E-state index in [1.165, 1.54) is 7.11 Å². The van der Waals surface area contributed by atoms with Gasteiger partial charge in [0.2, 0.25) is 0 Å². The average Bonchev–Trinajstić information content (AvgIpc) is 2.59.